The fourth-order valence-electron chi connectivity index (χ4n) is 1.33. The van der Waals surface area contributed by atoms with Crippen molar-refractivity contribution in [3.05, 3.63) is 0 Å². The summed E-state index contributed by atoms with van der Waals surface area (Å²) in [7, 11) is -1.92. The average molecular weight is 224 g/mol. The predicted molar refractivity (Wildman–Crippen MR) is 67.5 cm³/mol. The standard InChI is InChI=1S/C10H24OS2/c1-3-5-7-9-13(11,12)10-8-6-4-2/h13H,3-10H2,1-2H3,(H,11,12). The Bertz CT molecular complexity index is 143. The van der Waals surface area contributed by atoms with Gasteiger partial charge in [-0.15, -0.1) is 8.87 Å². The fourth-order valence-corrected chi connectivity index (χ4v) is 3.76. The van der Waals surface area contributed by atoms with Crippen molar-refractivity contribution < 1.29 is 4.55 Å². The molecule has 0 aromatic heterocycles. The van der Waals surface area contributed by atoms with Gasteiger partial charge < -0.3 is 4.55 Å². The second kappa shape index (κ2) is 7.89. The summed E-state index contributed by atoms with van der Waals surface area (Å²) in [5.41, 5.74) is 0. The molecule has 0 fully saturated rings. The molecule has 0 aliphatic rings. The minimum Gasteiger partial charge on any atom is -0.350 e. The highest BCUT2D eigenvalue weighted by molar-refractivity contribution is 8.37. The largest absolute Gasteiger partial charge is 0.350 e. The van der Waals surface area contributed by atoms with Crippen LogP contribution in [0.3, 0.4) is 0 Å². The molecule has 0 aromatic rings. The van der Waals surface area contributed by atoms with Crippen LogP contribution in [0.1, 0.15) is 52.4 Å². The summed E-state index contributed by atoms with van der Waals surface area (Å²) in [5.74, 6) is 1.81. The molecule has 82 valence electrons. The van der Waals surface area contributed by atoms with E-state index >= 15 is 0 Å². The van der Waals surface area contributed by atoms with Gasteiger partial charge in [0.1, 0.15) is 0 Å². The molecule has 3 heteroatoms. The van der Waals surface area contributed by atoms with Gasteiger partial charge in [-0.2, -0.15) is 0 Å². The lowest BCUT2D eigenvalue weighted by molar-refractivity contribution is 0.621. The van der Waals surface area contributed by atoms with E-state index < -0.39 is 8.87 Å². The molecule has 0 heterocycles. The Balaban J connectivity index is 3.49. The molecule has 0 radical (unpaired) electrons. The van der Waals surface area contributed by atoms with Crippen LogP contribution in [0, 0.1) is 0 Å². The fraction of sp³-hybridized carbons (Fsp3) is 1.00. The van der Waals surface area contributed by atoms with Crippen molar-refractivity contribution in [3.63, 3.8) is 0 Å². The minimum absolute atomic E-state index is 0.903. The van der Waals surface area contributed by atoms with E-state index in [0.29, 0.717) is 0 Å². The smallest absolute Gasteiger partial charge is 0.0000749 e. The highest BCUT2D eigenvalue weighted by Gasteiger charge is 2.05. The van der Waals surface area contributed by atoms with Crippen molar-refractivity contribution in [1.29, 1.82) is 0 Å². The second-order valence-electron chi connectivity index (χ2n) is 3.71. The molecule has 0 aliphatic carbocycles. The van der Waals surface area contributed by atoms with Crippen molar-refractivity contribution in [2.24, 2.45) is 0 Å². The Labute approximate surface area is 88.7 Å². The molecule has 0 amide bonds. The van der Waals surface area contributed by atoms with Crippen LogP contribution in [0.2, 0.25) is 0 Å². The Kier molecular flexibility index (Phi) is 8.21. The lowest BCUT2D eigenvalue weighted by Gasteiger charge is -2.20. The van der Waals surface area contributed by atoms with Crippen LogP contribution in [0.25, 0.3) is 0 Å². The lowest BCUT2D eigenvalue weighted by Crippen LogP contribution is -2.18. The molecule has 0 saturated carbocycles. The van der Waals surface area contributed by atoms with Crippen molar-refractivity contribution in [1.82, 2.24) is 0 Å². The second-order valence-corrected chi connectivity index (χ2v) is 8.33. The van der Waals surface area contributed by atoms with Gasteiger partial charge in [0.2, 0.25) is 0 Å². The number of rotatable bonds is 8. The normalized spacial score (nSPS) is 13.2. The Morgan fingerprint density at radius 3 is 1.62 bits per heavy atom. The van der Waals surface area contributed by atoms with Crippen molar-refractivity contribution in [2.75, 3.05) is 11.5 Å². The van der Waals surface area contributed by atoms with E-state index in [4.69, 9.17) is 11.2 Å². The third-order valence-corrected chi connectivity index (χ3v) is 5.35. The number of thiol groups is 1. The maximum absolute atomic E-state index is 9.89. The van der Waals surface area contributed by atoms with Gasteiger partial charge >= 0.3 is 0 Å². The molecule has 0 bridgehead atoms. The Morgan fingerprint density at radius 1 is 0.923 bits per heavy atom. The highest BCUT2D eigenvalue weighted by atomic mass is 32.9. The third kappa shape index (κ3) is 8.85. The van der Waals surface area contributed by atoms with Crippen molar-refractivity contribution >= 4 is 20.1 Å². The highest BCUT2D eigenvalue weighted by Crippen LogP contribution is 2.09. The van der Waals surface area contributed by atoms with E-state index in [2.05, 4.69) is 13.8 Å². The number of unbranched alkanes of at least 4 members (excludes halogenated alkanes) is 4. The van der Waals surface area contributed by atoms with E-state index in [9.17, 15) is 4.55 Å². The van der Waals surface area contributed by atoms with Crippen LogP contribution in [-0.4, -0.2) is 16.1 Å². The first kappa shape index (κ1) is 13.5. The quantitative estimate of drug-likeness (QED) is 0.488. The molecular formula is C10H24OS2. The van der Waals surface area contributed by atoms with Crippen LogP contribution in [-0.2, 0) is 20.1 Å². The first-order valence-corrected chi connectivity index (χ1v) is 8.55. The maximum Gasteiger partial charge on any atom is 0.0000749 e. The molecule has 0 rings (SSSR count). The van der Waals surface area contributed by atoms with E-state index in [1.165, 1.54) is 25.7 Å². The molecule has 0 saturated heterocycles. The summed E-state index contributed by atoms with van der Waals surface area (Å²) in [4.78, 5) is 0. The summed E-state index contributed by atoms with van der Waals surface area (Å²) >= 11 is 5.24. The summed E-state index contributed by atoms with van der Waals surface area (Å²) < 4.78 is 9.89. The third-order valence-electron chi connectivity index (χ3n) is 2.22. The minimum atomic E-state index is -1.92. The zero-order valence-corrected chi connectivity index (χ0v) is 10.7. The molecule has 13 heavy (non-hydrogen) atoms. The zero-order chi connectivity index (χ0) is 10.2. The average Bonchev–Trinajstić information content (AvgIpc) is 2.05. The van der Waals surface area contributed by atoms with Gasteiger partial charge in [0, 0.05) is 11.5 Å². The molecule has 0 aliphatic heterocycles. The van der Waals surface area contributed by atoms with Gasteiger partial charge in [0.05, 0.1) is 0 Å². The van der Waals surface area contributed by atoms with E-state index in [1.807, 2.05) is 0 Å². The van der Waals surface area contributed by atoms with E-state index in [-0.39, 0.29) is 0 Å². The first-order valence-electron chi connectivity index (χ1n) is 5.43. The summed E-state index contributed by atoms with van der Waals surface area (Å²) in [6.07, 6.45) is 7.10. The number of hydrogen-bond donors (Lipinski definition) is 2. The molecular weight excluding hydrogens is 200 g/mol. The van der Waals surface area contributed by atoms with Gasteiger partial charge in [-0.1, -0.05) is 39.5 Å². The number of hydrogen-bond acceptors (Lipinski definition) is 1. The van der Waals surface area contributed by atoms with Gasteiger partial charge in [-0.3, -0.25) is 0 Å². The van der Waals surface area contributed by atoms with E-state index in [1.54, 1.807) is 0 Å². The molecule has 1 nitrogen and oxygen atoms in total. The SMILES string of the molecule is CCCCC[SH](O)(=S)CCCCC. The maximum atomic E-state index is 9.89. The monoisotopic (exact) mass is 224 g/mol. The van der Waals surface area contributed by atoms with E-state index in [0.717, 1.165) is 24.3 Å². The van der Waals surface area contributed by atoms with Crippen molar-refractivity contribution in [2.45, 2.75) is 52.4 Å². The molecule has 0 atom stereocenters. The Morgan fingerprint density at radius 2 is 1.31 bits per heavy atom. The molecule has 0 aromatic carbocycles. The molecule has 0 unspecified atom stereocenters. The van der Waals surface area contributed by atoms with Crippen LogP contribution in [0.5, 0.6) is 0 Å². The lowest BCUT2D eigenvalue weighted by atomic mass is 10.3. The predicted octanol–water partition coefficient (Wildman–Crippen LogP) is 3.19. The topological polar surface area (TPSA) is 20.2 Å². The van der Waals surface area contributed by atoms with Gasteiger partial charge in [-0.25, -0.2) is 0 Å². The summed E-state index contributed by atoms with van der Waals surface area (Å²) in [5, 5.41) is 0. The van der Waals surface area contributed by atoms with Crippen LogP contribution in [0.4, 0.5) is 0 Å². The first-order chi connectivity index (χ1) is 6.12. The molecule has 1 N–H and O–H groups in total. The van der Waals surface area contributed by atoms with Crippen LogP contribution >= 0.6 is 0 Å². The van der Waals surface area contributed by atoms with Gasteiger partial charge in [0.25, 0.3) is 0 Å². The summed E-state index contributed by atoms with van der Waals surface area (Å²) in [6, 6.07) is 0. The van der Waals surface area contributed by atoms with Crippen LogP contribution < -0.4 is 0 Å². The van der Waals surface area contributed by atoms with Crippen molar-refractivity contribution in [3.8, 4) is 0 Å². The zero-order valence-electron chi connectivity index (χ0n) is 8.96. The van der Waals surface area contributed by atoms with Gasteiger partial charge in [0.15, 0.2) is 0 Å². The van der Waals surface area contributed by atoms with Gasteiger partial charge in [-0.05, 0) is 24.0 Å². The summed E-state index contributed by atoms with van der Waals surface area (Å²) in [6.45, 7) is 4.36. The Hall–Kier alpha value is 0.530. The van der Waals surface area contributed by atoms with Crippen LogP contribution in [0.15, 0.2) is 0 Å². The molecule has 0 spiro atoms.